The number of aryl methyl sites for hydroxylation is 1. The molecule has 1 aliphatic heterocycles. The smallest absolute Gasteiger partial charge is 0.159 e. The average molecular weight is 356 g/mol. The van der Waals surface area contributed by atoms with E-state index in [9.17, 15) is 8.78 Å². The summed E-state index contributed by atoms with van der Waals surface area (Å²) in [6.07, 6.45) is 7.35. The maximum Gasteiger partial charge on any atom is 0.159 e. The predicted octanol–water partition coefficient (Wildman–Crippen LogP) is 6.58. The molecule has 0 nitrogen and oxygen atoms in total. The lowest BCUT2D eigenvalue weighted by Gasteiger charge is -2.25. The zero-order valence-corrected chi connectivity index (χ0v) is 15.8. The lowest BCUT2D eigenvalue weighted by Crippen LogP contribution is -2.19. The molecular formula is C22H25F2Si. The molecule has 3 heteroatoms. The topological polar surface area (TPSA) is 0 Å². The number of allylic oxidation sites excluding steroid dienone is 1. The fourth-order valence-corrected chi connectivity index (χ4v) is 6.26. The summed E-state index contributed by atoms with van der Waals surface area (Å²) in [5.74, 6) is -0.727. The Morgan fingerprint density at radius 3 is 2.28 bits per heavy atom. The highest BCUT2D eigenvalue weighted by Gasteiger charge is 2.20. The molecule has 2 aromatic rings. The summed E-state index contributed by atoms with van der Waals surface area (Å²) in [6, 6.07) is 15.2. The monoisotopic (exact) mass is 355 g/mol. The van der Waals surface area contributed by atoms with Crippen LogP contribution >= 0.6 is 0 Å². The molecule has 0 unspecified atom stereocenters. The van der Waals surface area contributed by atoms with Gasteiger partial charge >= 0.3 is 0 Å². The molecule has 1 fully saturated rings. The van der Waals surface area contributed by atoms with E-state index >= 15 is 0 Å². The first-order chi connectivity index (χ1) is 12.2. The fraction of sp³-hybridized carbons (Fsp3) is 0.364. The predicted molar refractivity (Wildman–Crippen MR) is 103 cm³/mol. The molecule has 2 aromatic carbocycles. The van der Waals surface area contributed by atoms with Crippen LogP contribution in [0.4, 0.5) is 8.78 Å². The number of hydrogen-bond donors (Lipinski definition) is 0. The Balaban J connectivity index is 1.54. The lowest BCUT2D eigenvalue weighted by molar-refractivity contribution is 0.439. The second-order valence-electron chi connectivity index (χ2n) is 6.97. The summed E-state index contributed by atoms with van der Waals surface area (Å²) in [5, 5.41) is 0. The van der Waals surface area contributed by atoms with Crippen LogP contribution in [0.2, 0.25) is 12.1 Å². The first-order valence-electron chi connectivity index (χ1n) is 9.17. The van der Waals surface area contributed by atoms with Crippen molar-refractivity contribution in [3.05, 3.63) is 71.4 Å². The van der Waals surface area contributed by atoms with Crippen LogP contribution < -0.4 is 0 Å². The first kappa shape index (κ1) is 18.1. The van der Waals surface area contributed by atoms with Crippen LogP contribution in [0.25, 0.3) is 11.1 Å². The standard InChI is InChI=1S/C22H25F2Si/c1-2-13-25-14-11-18(12-15-25)4-3-17-5-7-19(8-6-17)20-9-10-21(23)22(24)16-20/h2,5-10,13,16,18H,3-4,11-12,14-15H2,1H3. The van der Waals surface area contributed by atoms with Gasteiger partial charge in [0.25, 0.3) is 0 Å². The van der Waals surface area contributed by atoms with E-state index in [1.165, 1.54) is 49.0 Å². The maximum absolute atomic E-state index is 13.4. The van der Waals surface area contributed by atoms with Gasteiger partial charge in [-0.15, -0.1) is 5.70 Å². The average Bonchev–Trinajstić information content (AvgIpc) is 2.64. The van der Waals surface area contributed by atoms with Crippen molar-refractivity contribution in [2.24, 2.45) is 5.92 Å². The summed E-state index contributed by atoms with van der Waals surface area (Å²) >= 11 is 0. The third-order valence-corrected chi connectivity index (χ3v) is 7.86. The van der Waals surface area contributed by atoms with E-state index in [1.54, 1.807) is 6.07 Å². The summed E-state index contributed by atoms with van der Waals surface area (Å²) in [6.45, 7) is 2.13. The second kappa shape index (κ2) is 8.57. The van der Waals surface area contributed by atoms with E-state index in [0.717, 1.165) is 23.5 Å². The van der Waals surface area contributed by atoms with Crippen molar-refractivity contribution in [2.45, 2.75) is 44.7 Å². The molecule has 0 atom stereocenters. The van der Waals surface area contributed by atoms with Gasteiger partial charge in [-0.05, 0) is 54.5 Å². The molecule has 1 radical (unpaired) electrons. The SMILES string of the molecule is CC=C[Si]1CCC(CCc2ccc(-c3ccc(F)c(F)c3)cc2)CC1. The Labute approximate surface area is 151 Å². The maximum atomic E-state index is 13.4. The van der Waals surface area contributed by atoms with Gasteiger partial charge in [0, 0.05) is 0 Å². The van der Waals surface area contributed by atoms with Crippen molar-refractivity contribution < 1.29 is 8.78 Å². The Morgan fingerprint density at radius 1 is 0.960 bits per heavy atom. The molecule has 25 heavy (non-hydrogen) atoms. The number of halogens is 2. The third-order valence-electron chi connectivity index (χ3n) is 5.20. The van der Waals surface area contributed by atoms with Gasteiger partial charge in [0.15, 0.2) is 11.6 Å². The van der Waals surface area contributed by atoms with Crippen molar-refractivity contribution in [1.29, 1.82) is 0 Å². The van der Waals surface area contributed by atoms with Gasteiger partial charge in [-0.2, -0.15) is 0 Å². The van der Waals surface area contributed by atoms with E-state index in [-0.39, 0.29) is 8.80 Å². The van der Waals surface area contributed by atoms with Crippen molar-refractivity contribution in [3.63, 3.8) is 0 Å². The molecular weight excluding hydrogens is 330 g/mol. The van der Waals surface area contributed by atoms with E-state index in [1.807, 2.05) is 12.1 Å². The Bertz CT molecular complexity index is 713. The summed E-state index contributed by atoms with van der Waals surface area (Å²) in [5.41, 5.74) is 5.43. The molecule has 1 saturated heterocycles. The minimum atomic E-state index is -0.799. The van der Waals surface area contributed by atoms with Gasteiger partial charge in [0.2, 0.25) is 0 Å². The van der Waals surface area contributed by atoms with Crippen LogP contribution in [0, 0.1) is 17.6 Å². The lowest BCUT2D eigenvalue weighted by atomic mass is 9.93. The fourth-order valence-electron chi connectivity index (χ4n) is 3.65. The van der Waals surface area contributed by atoms with Crippen molar-refractivity contribution in [1.82, 2.24) is 0 Å². The van der Waals surface area contributed by atoms with E-state index in [4.69, 9.17) is 0 Å². The third kappa shape index (κ3) is 4.88. The quantitative estimate of drug-likeness (QED) is 0.531. The summed E-state index contributed by atoms with van der Waals surface area (Å²) in [7, 11) is -0.194. The van der Waals surface area contributed by atoms with Gasteiger partial charge < -0.3 is 0 Å². The highest BCUT2D eigenvalue weighted by atomic mass is 28.3. The molecule has 3 rings (SSSR count). The molecule has 1 aliphatic rings. The normalized spacial score (nSPS) is 16.6. The molecule has 0 spiro atoms. The van der Waals surface area contributed by atoms with Crippen LogP contribution in [0.3, 0.4) is 0 Å². The minimum absolute atomic E-state index is 0.194. The van der Waals surface area contributed by atoms with Crippen LogP contribution in [-0.2, 0) is 6.42 Å². The number of hydrogen-bond acceptors (Lipinski definition) is 0. The van der Waals surface area contributed by atoms with Gasteiger partial charge in [-0.25, -0.2) is 8.78 Å². The molecule has 0 bridgehead atoms. The highest BCUT2D eigenvalue weighted by Crippen LogP contribution is 2.29. The van der Waals surface area contributed by atoms with Gasteiger partial charge in [0.1, 0.15) is 0 Å². The number of rotatable bonds is 5. The molecule has 0 saturated carbocycles. The minimum Gasteiger partial charge on any atom is -0.204 e. The van der Waals surface area contributed by atoms with Crippen molar-refractivity contribution in [2.75, 3.05) is 0 Å². The molecule has 0 amide bonds. The number of benzene rings is 2. The molecule has 0 aromatic heterocycles. The van der Waals surface area contributed by atoms with Crippen LogP contribution in [-0.4, -0.2) is 8.80 Å². The zero-order valence-electron chi connectivity index (χ0n) is 14.8. The van der Waals surface area contributed by atoms with Gasteiger partial charge in [-0.3, -0.25) is 0 Å². The molecule has 1 heterocycles. The van der Waals surface area contributed by atoms with E-state index in [2.05, 4.69) is 30.8 Å². The van der Waals surface area contributed by atoms with Crippen molar-refractivity contribution in [3.8, 4) is 11.1 Å². The molecule has 0 N–H and O–H groups in total. The Morgan fingerprint density at radius 2 is 1.64 bits per heavy atom. The largest absolute Gasteiger partial charge is 0.204 e. The van der Waals surface area contributed by atoms with E-state index < -0.39 is 11.6 Å². The molecule has 0 aliphatic carbocycles. The van der Waals surface area contributed by atoms with E-state index in [0.29, 0.717) is 0 Å². The Kier molecular flexibility index (Phi) is 6.19. The first-order valence-corrected chi connectivity index (χ1v) is 11.2. The van der Waals surface area contributed by atoms with Crippen LogP contribution in [0.5, 0.6) is 0 Å². The van der Waals surface area contributed by atoms with Crippen LogP contribution in [0.1, 0.15) is 31.7 Å². The zero-order chi connectivity index (χ0) is 17.6. The molecule has 131 valence electrons. The summed E-state index contributed by atoms with van der Waals surface area (Å²) < 4.78 is 26.4. The highest BCUT2D eigenvalue weighted by molar-refractivity contribution is 6.64. The van der Waals surface area contributed by atoms with Crippen molar-refractivity contribution >= 4 is 8.80 Å². The summed E-state index contributed by atoms with van der Waals surface area (Å²) in [4.78, 5) is 0. The van der Waals surface area contributed by atoms with Crippen LogP contribution in [0.15, 0.2) is 54.2 Å². The van der Waals surface area contributed by atoms with Gasteiger partial charge in [0.05, 0.1) is 8.80 Å². The van der Waals surface area contributed by atoms with Gasteiger partial charge in [-0.1, -0.05) is 61.3 Å². The second-order valence-corrected chi connectivity index (χ2v) is 9.62. The Hall–Kier alpha value is -1.74.